The Bertz CT molecular complexity index is 769. The first kappa shape index (κ1) is 14.7. The number of urea groups is 1. The number of benzene rings is 2. The van der Waals surface area contributed by atoms with Crippen LogP contribution in [0.15, 0.2) is 66.7 Å². The Morgan fingerprint density at radius 2 is 1.48 bits per heavy atom. The summed E-state index contributed by atoms with van der Waals surface area (Å²) in [5, 5.41) is 2.22. The van der Waals surface area contributed by atoms with E-state index >= 15 is 0 Å². The van der Waals surface area contributed by atoms with Crippen molar-refractivity contribution < 1.29 is 14.4 Å². The lowest BCUT2D eigenvalue weighted by molar-refractivity contribution is -0.132. The first-order chi connectivity index (χ1) is 11.2. The van der Waals surface area contributed by atoms with E-state index in [9.17, 15) is 14.4 Å². The number of imide groups is 2. The summed E-state index contributed by atoms with van der Waals surface area (Å²) in [6.07, 6.45) is 3.20. The van der Waals surface area contributed by atoms with Crippen molar-refractivity contribution in [1.29, 1.82) is 0 Å². The molecule has 1 saturated heterocycles. The van der Waals surface area contributed by atoms with Crippen LogP contribution >= 0.6 is 0 Å². The third-order valence-corrected chi connectivity index (χ3v) is 3.50. The summed E-state index contributed by atoms with van der Waals surface area (Å²) >= 11 is 0. The third kappa shape index (κ3) is 3.03. The highest BCUT2D eigenvalue weighted by molar-refractivity contribution is 6.28. The molecule has 23 heavy (non-hydrogen) atoms. The topological polar surface area (TPSA) is 66.5 Å². The molecule has 2 aromatic carbocycles. The molecule has 1 heterocycles. The van der Waals surface area contributed by atoms with Gasteiger partial charge >= 0.3 is 6.03 Å². The monoisotopic (exact) mass is 306 g/mol. The smallest absolute Gasteiger partial charge is 0.276 e. The Hall–Kier alpha value is -3.21. The largest absolute Gasteiger partial charge is 0.335 e. The summed E-state index contributed by atoms with van der Waals surface area (Å²) in [6, 6.07) is 17.1. The third-order valence-electron chi connectivity index (χ3n) is 3.50. The Labute approximate surface area is 133 Å². The second-order valence-electron chi connectivity index (χ2n) is 5.05. The zero-order valence-electron chi connectivity index (χ0n) is 12.2. The highest BCUT2D eigenvalue weighted by atomic mass is 16.2. The van der Waals surface area contributed by atoms with Gasteiger partial charge in [-0.1, -0.05) is 60.7 Å². The molecule has 0 radical (unpaired) electrons. The summed E-state index contributed by atoms with van der Waals surface area (Å²) in [7, 11) is 0. The molecule has 0 aliphatic carbocycles. The highest BCUT2D eigenvalue weighted by Crippen LogP contribution is 2.21. The second kappa shape index (κ2) is 6.27. The van der Waals surface area contributed by atoms with Gasteiger partial charge in [-0.15, -0.1) is 0 Å². The number of carbonyl (C=O) groups is 3. The van der Waals surface area contributed by atoms with Crippen LogP contribution in [0.25, 0.3) is 6.08 Å². The van der Waals surface area contributed by atoms with Gasteiger partial charge in [-0.2, -0.15) is 0 Å². The molecular formula is C18H14N2O3. The van der Waals surface area contributed by atoms with Crippen LogP contribution in [0.3, 0.4) is 0 Å². The van der Waals surface area contributed by atoms with E-state index < -0.39 is 23.8 Å². The lowest BCUT2D eigenvalue weighted by atomic mass is 10.0. The van der Waals surface area contributed by atoms with Crippen molar-refractivity contribution in [2.75, 3.05) is 4.90 Å². The quantitative estimate of drug-likeness (QED) is 0.886. The van der Waals surface area contributed by atoms with Gasteiger partial charge in [0, 0.05) is 0 Å². The van der Waals surface area contributed by atoms with E-state index in [1.165, 1.54) is 6.08 Å². The maximum atomic E-state index is 12.6. The molecule has 1 atom stereocenters. The van der Waals surface area contributed by atoms with Crippen molar-refractivity contribution in [3.05, 3.63) is 72.3 Å². The molecule has 0 spiro atoms. The van der Waals surface area contributed by atoms with Crippen molar-refractivity contribution in [2.24, 2.45) is 5.92 Å². The maximum absolute atomic E-state index is 12.6. The van der Waals surface area contributed by atoms with Gasteiger partial charge in [-0.05, 0) is 17.7 Å². The second-order valence-corrected chi connectivity index (χ2v) is 5.05. The van der Waals surface area contributed by atoms with Crippen LogP contribution < -0.4 is 10.2 Å². The SMILES string of the molecule is O=C1NC(=O)N(c2ccccc2)C(=O)C1/C=C/c1ccccc1. The number of hydrogen-bond acceptors (Lipinski definition) is 3. The molecule has 5 heteroatoms. The fourth-order valence-electron chi connectivity index (χ4n) is 2.35. The predicted octanol–water partition coefficient (Wildman–Crippen LogP) is 2.60. The van der Waals surface area contributed by atoms with Gasteiger partial charge < -0.3 is 0 Å². The van der Waals surface area contributed by atoms with Gasteiger partial charge in [-0.25, -0.2) is 9.69 Å². The molecular weight excluding hydrogens is 292 g/mol. The van der Waals surface area contributed by atoms with E-state index in [2.05, 4.69) is 5.32 Å². The molecule has 0 bridgehead atoms. The Morgan fingerprint density at radius 3 is 2.13 bits per heavy atom. The van der Waals surface area contributed by atoms with Crippen LogP contribution in [0.1, 0.15) is 5.56 Å². The summed E-state index contributed by atoms with van der Waals surface area (Å²) in [5.41, 5.74) is 1.30. The summed E-state index contributed by atoms with van der Waals surface area (Å²) in [5.74, 6) is -2.20. The summed E-state index contributed by atoms with van der Waals surface area (Å²) < 4.78 is 0. The highest BCUT2D eigenvalue weighted by Gasteiger charge is 2.39. The molecule has 0 aromatic heterocycles. The van der Waals surface area contributed by atoms with Crippen LogP contribution in [0.4, 0.5) is 10.5 Å². The number of carbonyl (C=O) groups excluding carboxylic acids is 3. The lowest BCUT2D eigenvalue weighted by Gasteiger charge is -2.28. The van der Waals surface area contributed by atoms with E-state index in [1.54, 1.807) is 36.4 Å². The van der Waals surface area contributed by atoms with Gasteiger partial charge in [0.05, 0.1) is 5.69 Å². The van der Waals surface area contributed by atoms with Crippen molar-refractivity contribution in [2.45, 2.75) is 0 Å². The maximum Gasteiger partial charge on any atom is 0.335 e. The van der Waals surface area contributed by atoms with Crippen molar-refractivity contribution in [1.82, 2.24) is 5.32 Å². The summed E-state index contributed by atoms with van der Waals surface area (Å²) in [4.78, 5) is 37.5. The average Bonchev–Trinajstić information content (AvgIpc) is 2.56. The van der Waals surface area contributed by atoms with E-state index in [0.717, 1.165) is 10.5 Å². The number of rotatable bonds is 3. The number of amides is 4. The van der Waals surface area contributed by atoms with E-state index in [1.807, 2.05) is 30.3 Å². The normalized spacial score (nSPS) is 18.3. The van der Waals surface area contributed by atoms with Gasteiger partial charge in [0.1, 0.15) is 5.92 Å². The number of nitrogens with zero attached hydrogens (tertiary/aromatic N) is 1. The van der Waals surface area contributed by atoms with E-state index in [-0.39, 0.29) is 0 Å². The van der Waals surface area contributed by atoms with Crippen molar-refractivity contribution >= 4 is 29.6 Å². The fourth-order valence-corrected chi connectivity index (χ4v) is 2.35. The zero-order chi connectivity index (χ0) is 16.2. The lowest BCUT2D eigenvalue weighted by Crippen LogP contribution is -2.57. The molecule has 5 nitrogen and oxygen atoms in total. The van der Waals surface area contributed by atoms with Gasteiger partial charge in [-0.3, -0.25) is 14.9 Å². The molecule has 1 N–H and O–H groups in total. The molecule has 1 unspecified atom stereocenters. The van der Waals surface area contributed by atoms with Crippen molar-refractivity contribution in [3.63, 3.8) is 0 Å². The molecule has 0 saturated carbocycles. The number of para-hydroxylation sites is 1. The first-order valence-electron chi connectivity index (χ1n) is 7.14. The first-order valence-corrected chi connectivity index (χ1v) is 7.14. The molecule has 4 amide bonds. The predicted molar refractivity (Wildman–Crippen MR) is 86.4 cm³/mol. The molecule has 3 rings (SSSR count). The minimum absolute atomic E-state index is 0.431. The van der Waals surface area contributed by atoms with Crippen LogP contribution in [0.2, 0.25) is 0 Å². The number of hydrogen-bond donors (Lipinski definition) is 1. The molecule has 1 aliphatic heterocycles. The fraction of sp³-hybridized carbons (Fsp3) is 0.0556. The Kier molecular flexibility index (Phi) is 4.01. The molecule has 114 valence electrons. The molecule has 1 aliphatic rings. The van der Waals surface area contributed by atoms with Crippen LogP contribution in [0.5, 0.6) is 0 Å². The Morgan fingerprint density at radius 1 is 0.870 bits per heavy atom. The van der Waals surface area contributed by atoms with Crippen LogP contribution in [-0.4, -0.2) is 17.8 Å². The molecule has 1 fully saturated rings. The van der Waals surface area contributed by atoms with Crippen LogP contribution in [0, 0.1) is 5.92 Å². The van der Waals surface area contributed by atoms with Gasteiger partial charge in [0.25, 0.3) is 5.91 Å². The van der Waals surface area contributed by atoms with Crippen LogP contribution in [-0.2, 0) is 9.59 Å². The molecule has 2 aromatic rings. The van der Waals surface area contributed by atoms with Crippen molar-refractivity contribution in [3.8, 4) is 0 Å². The Balaban J connectivity index is 1.88. The van der Waals surface area contributed by atoms with E-state index in [0.29, 0.717) is 5.69 Å². The summed E-state index contributed by atoms with van der Waals surface area (Å²) in [6.45, 7) is 0. The van der Waals surface area contributed by atoms with Gasteiger partial charge in [0.2, 0.25) is 5.91 Å². The number of nitrogens with one attached hydrogen (secondary N) is 1. The minimum Gasteiger partial charge on any atom is -0.276 e. The van der Waals surface area contributed by atoms with Gasteiger partial charge in [0.15, 0.2) is 0 Å². The number of barbiturate groups is 1. The standard InChI is InChI=1S/C18H14N2O3/c21-16-15(12-11-13-7-3-1-4-8-13)17(22)20(18(23)19-16)14-9-5-2-6-10-14/h1-12,15H,(H,19,21,23)/b12-11+. The number of anilines is 1. The zero-order valence-corrected chi connectivity index (χ0v) is 12.2. The van der Waals surface area contributed by atoms with E-state index in [4.69, 9.17) is 0 Å². The minimum atomic E-state index is -1.03. The average molecular weight is 306 g/mol.